The van der Waals surface area contributed by atoms with Gasteiger partial charge < -0.3 is 10.6 Å². The summed E-state index contributed by atoms with van der Waals surface area (Å²) in [5.74, 6) is -0.0831. The minimum absolute atomic E-state index is 0.0831. The van der Waals surface area contributed by atoms with Crippen molar-refractivity contribution in [2.24, 2.45) is 0 Å². The van der Waals surface area contributed by atoms with Crippen LogP contribution in [0, 0.1) is 20.8 Å². The number of benzene rings is 1. The summed E-state index contributed by atoms with van der Waals surface area (Å²) in [6, 6.07) is 7.64. The summed E-state index contributed by atoms with van der Waals surface area (Å²) >= 11 is 1.50. The van der Waals surface area contributed by atoms with Crippen molar-refractivity contribution in [1.29, 1.82) is 0 Å². The Morgan fingerprint density at radius 3 is 2.65 bits per heavy atom. The van der Waals surface area contributed by atoms with Crippen molar-refractivity contribution in [2.75, 3.05) is 10.6 Å². The first-order valence-electron chi connectivity index (χ1n) is 6.54. The van der Waals surface area contributed by atoms with Crippen LogP contribution in [0.4, 0.5) is 10.8 Å². The molecule has 1 amide bonds. The molecule has 2 rings (SSSR count). The van der Waals surface area contributed by atoms with E-state index in [0.29, 0.717) is 5.13 Å². The lowest BCUT2D eigenvalue weighted by molar-refractivity contribution is -0.116. The quantitative estimate of drug-likeness (QED) is 0.905. The number of aromatic nitrogens is 1. The standard InChI is InChI=1S/C15H19N3OS/c1-9-6-5-7-13(8-9)16-11(3)14(19)18-15-17-10(2)12(4)20-15/h5-8,11,16H,1-4H3,(H,17,18,19). The van der Waals surface area contributed by atoms with Crippen LogP contribution in [-0.2, 0) is 4.79 Å². The molecule has 20 heavy (non-hydrogen) atoms. The van der Waals surface area contributed by atoms with Crippen LogP contribution in [0.5, 0.6) is 0 Å². The van der Waals surface area contributed by atoms with E-state index in [9.17, 15) is 4.79 Å². The first-order chi connectivity index (χ1) is 9.45. The van der Waals surface area contributed by atoms with Gasteiger partial charge in [-0.05, 0) is 45.4 Å². The fourth-order valence-electron chi connectivity index (χ4n) is 1.79. The molecule has 1 unspecified atom stereocenters. The van der Waals surface area contributed by atoms with Gasteiger partial charge in [-0.25, -0.2) is 4.98 Å². The van der Waals surface area contributed by atoms with Crippen molar-refractivity contribution in [2.45, 2.75) is 33.7 Å². The fourth-order valence-corrected chi connectivity index (χ4v) is 2.61. The van der Waals surface area contributed by atoms with Gasteiger partial charge in [-0.1, -0.05) is 12.1 Å². The third-order valence-corrected chi connectivity index (χ3v) is 4.04. The number of hydrogen-bond donors (Lipinski definition) is 2. The number of carbonyl (C=O) groups is 1. The van der Waals surface area contributed by atoms with Crippen LogP contribution >= 0.6 is 11.3 Å². The van der Waals surface area contributed by atoms with Crippen molar-refractivity contribution in [3.63, 3.8) is 0 Å². The third kappa shape index (κ3) is 3.57. The smallest absolute Gasteiger partial charge is 0.248 e. The predicted molar refractivity (Wildman–Crippen MR) is 84.5 cm³/mol. The Bertz CT molecular complexity index is 602. The minimum Gasteiger partial charge on any atom is -0.374 e. The third-order valence-electron chi connectivity index (χ3n) is 3.05. The highest BCUT2D eigenvalue weighted by Gasteiger charge is 2.15. The van der Waals surface area contributed by atoms with Crippen molar-refractivity contribution in [1.82, 2.24) is 4.98 Å². The zero-order chi connectivity index (χ0) is 14.7. The van der Waals surface area contributed by atoms with Gasteiger partial charge in [-0.15, -0.1) is 11.3 Å². The Morgan fingerprint density at radius 2 is 2.05 bits per heavy atom. The molecule has 0 aliphatic heterocycles. The number of rotatable bonds is 4. The van der Waals surface area contributed by atoms with E-state index in [-0.39, 0.29) is 11.9 Å². The van der Waals surface area contributed by atoms with E-state index >= 15 is 0 Å². The first-order valence-corrected chi connectivity index (χ1v) is 7.35. The van der Waals surface area contributed by atoms with Crippen LogP contribution in [0.1, 0.15) is 23.1 Å². The second kappa shape index (κ2) is 6.05. The van der Waals surface area contributed by atoms with Gasteiger partial charge in [-0.3, -0.25) is 4.79 Å². The molecule has 2 aromatic rings. The zero-order valence-corrected chi connectivity index (χ0v) is 13.0. The van der Waals surface area contributed by atoms with Crippen LogP contribution in [0.15, 0.2) is 24.3 Å². The number of nitrogens with one attached hydrogen (secondary N) is 2. The number of nitrogens with zero attached hydrogens (tertiary/aromatic N) is 1. The molecule has 0 fully saturated rings. The number of thiazole rings is 1. The SMILES string of the molecule is Cc1cccc(NC(C)C(=O)Nc2nc(C)c(C)s2)c1. The van der Waals surface area contributed by atoms with Crippen molar-refractivity contribution in [3.05, 3.63) is 40.4 Å². The summed E-state index contributed by atoms with van der Waals surface area (Å²) in [6.07, 6.45) is 0. The number of carbonyl (C=O) groups excluding carboxylic acids is 1. The van der Waals surface area contributed by atoms with Crippen LogP contribution in [-0.4, -0.2) is 16.9 Å². The van der Waals surface area contributed by atoms with Gasteiger partial charge in [0.15, 0.2) is 5.13 Å². The van der Waals surface area contributed by atoms with E-state index in [2.05, 4.69) is 15.6 Å². The Labute approximate surface area is 123 Å². The maximum atomic E-state index is 12.1. The van der Waals surface area contributed by atoms with E-state index < -0.39 is 0 Å². The van der Waals surface area contributed by atoms with E-state index in [1.54, 1.807) is 0 Å². The molecule has 0 aliphatic carbocycles. The van der Waals surface area contributed by atoms with Crippen LogP contribution in [0.3, 0.4) is 0 Å². The monoisotopic (exact) mass is 289 g/mol. The molecule has 4 nitrogen and oxygen atoms in total. The molecule has 0 bridgehead atoms. The number of hydrogen-bond acceptors (Lipinski definition) is 4. The van der Waals surface area contributed by atoms with Gasteiger partial charge in [0.25, 0.3) is 0 Å². The molecule has 0 spiro atoms. The summed E-state index contributed by atoms with van der Waals surface area (Å²) in [5.41, 5.74) is 3.07. The summed E-state index contributed by atoms with van der Waals surface area (Å²) in [4.78, 5) is 17.6. The molecule has 1 aromatic carbocycles. The number of amides is 1. The normalized spacial score (nSPS) is 12.0. The predicted octanol–water partition coefficient (Wildman–Crippen LogP) is 3.51. The van der Waals surface area contributed by atoms with Crippen molar-refractivity contribution < 1.29 is 4.79 Å². The molecule has 5 heteroatoms. The molecule has 0 saturated heterocycles. The average Bonchev–Trinajstić information content (AvgIpc) is 2.68. The average molecular weight is 289 g/mol. The lowest BCUT2D eigenvalue weighted by Gasteiger charge is -2.14. The summed E-state index contributed by atoms with van der Waals surface area (Å²) < 4.78 is 0. The molecular weight excluding hydrogens is 270 g/mol. The number of aryl methyl sites for hydroxylation is 3. The number of anilines is 2. The molecule has 2 N–H and O–H groups in total. The molecule has 0 radical (unpaired) electrons. The molecule has 0 aliphatic rings. The summed E-state index contributed by atoms with van der Waals surface area (Å²) in [5, 5.41) is 6.69. The lowest BCUT2D eigenvalue weighted by Crippen LogP contribution is -2.31. The second-order valence-electron chi connectivity index (χ2n) is 4.89. The van der Waals surface area contributed by atoms with Gasteiger partial charge in [-0.2, -0.15) is 0 Å². The van der Waals surface area contributed by atoms with Crippen LogP contribution in [0.25, 0.3) is 0 Å². The van der Waals surface area contributed by atoms with Crippen LogP contribution < -0.4 is 10.6 Å². The highest BCUT2D eigenvalue weighted by molar-refractivity contribution is 7.15. The maximum absolute atomic E-state index is 12.1. The van der Waals surface area contributed by atoms with Gasteiger partial charge in [0, 0.05) is 10.6 Å². The molecule has 0 saturated carbocycles. The van der Waals surface area contributed by atoms with Gasteiger partial charge in [0.05, 0.1) is 5.69 Å². The topological polar surface area (TPSA) is 54.0 Å². The minimum atomic E-state index is -0.318. The van der Waals surface area contributed by atoms with Crippen molar-refractivity contribution >= 4 is 28.1 Å². The Morgan fingerprint density at radius 1 is 1.30 bits per heavy atom. The van der Waals surface area contributed by atoms with E-state index in [1.807, 2.05) is 52.0 Å². The molecule has 1 heterocycles. The Balaban J connectivity index is 1.98. The second-order valence-corrected chi connectivity index (χ2v) is 6.09. The fraction of sp³-hybridized carbons (Fsp3) is 0.333. The Kier molecular flexibility index (Phi) is 4.39. The van der Waals surface area contributed by atoms with E-state index in [0.717, 1.165) is 21.8 Å². The molecule has 106 valence electrons. The zero-order valence-electron chi connectivity index (χ0n) is 12.2. The first kappa shape index (κ1) is 14.5. The highest BCUT2D eigenvalue weighted by Crippen LogP contribution is 2.21. The highest BCUT2D eigenvalue weighted by atomic mass is 32.1. The van der Waals surface area contributed by atoms with Gasteiger partial charge >= 0.3 is 0 Å². The molecule has 1 atom stereocenters. The Hall–Kier alpha value is -1.88. The van der Waals surface area contributed by atoms with E-state index in [4.69, 9.17) is 0 Å². The van der Waals surface area contributed by atoms with Crippen LogP contribution in [0.2, 0.25) is 0 Å². The van der Waals surface area contributed by atoms with Crippen molar-refractivity contribution in [3.8, 4) is 0 Å². The summed E-state index contributed by atoms with van der Waals surface area (Å²) in [7, 11) is 0. The maximum Gasteiger partial charge on any atom is 0.248 e. The largest absolute Gasteiger partial charge is 0.374 e. The lowest BCUT2D eigenvalue weighted by atomic mass is 10.2. The van der Waals surface area contributed by atoms with E-state index in [1.165, 1.54) is 11.3 Å². The summed E-state index contributed by atoms with van der Waals surface area (Å²) in [6.45, 7) is 7.80. The molecule has 1 aromatic heterocycles. The van der Waals surface area contributed by atoms with Gasteiger partial charge in [0.1, 0.15) is 6.04 Å². The van der Waals surface area contributed by atoms with Gasteiger partial charge in [0.2, 0.25) is 5.91 Å². The molecular formula is C15H19N3OS.